The molecule has 0 spiro atoms. The molecule has 0 aliphatic rings. The van der Waals surface area contributed by atoms with E-state index in [1.54, 1.807) is 10.6 Å². The second-order valence-corrected chi connectivity index (χ2v) is 7.35. The number of ether oxygens (including phenoxy) is 1. The Kier molecular flexibility index (Phi) is 4.62. The van der Waals surface area contributed by atoms with Gasteiger partial charge in [0.25, 0.3) is 5.69 Å². The minimum atomic E-state index is -3.94. The first kappa shape index (κ1) is 17.8. The first-order chi connectivity index (χ1) is 12.3. The number of fused-ring (bicyclic) bond motifs is 1. The Morgan fingerprint density at radius 1 is 1.31 bits per heavy atom. The largest absolute Gasteiger partial charge is 0.495 e. The van der Waals surface area contributed by atoms with Gasteiger partial charge in [-0.1, -0.05) is 0 Å². The van der Waals surface area contributed by atoms with Gasteiger partial charge in [-0.05, 0) is 30.7 Å². The van der Waals surface area contributed by atoms with Gasteiger partial charge in [0.15, 0.2) is 0 Å². The number of methoxy groups -OCH3 is 1. The molecule has 3 aromatic rings. The van der Waals surface area contributed by atoms with Gasteiger partial charge in [0, 0.05) is 18.5 Å². The van der Waals surface area contributed by atoms with Crippen molar-refractivity contribution >= 4 is 21.4 Å². The summed E-state index contributed by atoms with van der Waals surface area (Å²) in [7, 11) is -2.68. The summed E-state index contributed by atoms with van der Waals surface area (Å²) in [6.07, 6.45) is 3.57. The number of nitro benzene ring substituents is 1. The van der Waals surface area contributed by atoms with E-state index in [-0.39, 0.29) is 22.9 Å². The van der Waals surface area contributed by atoms with Gasteiger partial charge < -0.3 is 9.14 Å². The van der Waals surface area contributed by atoms with Gasteiger partial charge in [-0.15, -0.1) is 0 Å². The monoisotopic (exact) mass is 376 g/mol. The molecule has 2 aromatic heterocycles. The van der Waals surface area contributed by atoms with Crippen molar-refractivity contribution in [1.82, 2.24) is 14.1 Å². The van der Waals surface area contributed by atoms with E-state index in [0.717, 1.165) is 23.8 Å². The van der Waals surface area contributed by atoms with Crippen LogP contribution in [-0.4, -0.2) is 29.8 Å². The lowest BCUT2D eigenvalue weighted by Crippen LogP contribution is -2.24. The number of hydrogen-bond acceptors (Lipinski definition) is 6. The highest BCUT2D eigenvalue weighted by molar-refractivity contribution is 7.89. The van der Waals surface area contributed by atoms with Crippen LogP contribution in [0.25, 0.3) is 5.65 Å². The van der Waals surface area contributed by atoms with Crippen LogP contribution >= 0.6 is 0 Å². The molecule has 10 heteroatoms. The molecule has 0 saturated carbocycles. The molecule has 0 unspecified atom stereocenters. The number of rotatable bonds is 6. The summed E-state index contributed by atoms with van der Waals surface area (Å²) in [5, 5.41) is 10.8. The smallest absolute Gasteiger partial charge is 0.273 e. The van der Waals surface area contributed by atoms with Crippen LogP contribution in [0.1, 0.15) is 11.3 Å². The van der Waals surface area contributed by atoms with Crippen LogP contribution in [0, 0.1) is 17.0 Å². The minimum absolute atomic E-state index is 0.0246. The molecule has 0 aliphatic carbocycles. The highest BCUT2D eigenvalue weighted by Gasteiger charge is 2.22. The zero-order valence-corrected chi connectivity index (χ0v) is 14.9. The van der Waals surface area contributed by atoms with Crippen LogP contribution in [0.5, 0.6) is 5.75 Å². The summed E-state index contributed by atoms with van der Waals surface area (Å²) < 4.78 is 34.3. The molecule has 1 N–H and O–H groups in total. The molecule has 2 heterocycles. The quantitative estimate of drug-likeness (QED) is 0.520. The number of aromatic nitrogens is 2. The molecule has 0 fully saturated rings. The highest BCUT2D eigenvalue weighted by atomic mass is 32.2. The van der Waals surface area contributed by atoms with E-state index in [9.17, 15) is 18.5 Å². The second-order valence-electron chi connectivity index (χ2n) is 5.62. The Morgan fingerprint density at radius 3 is 2.77 bits per heavy atom. The molecule has 3 rings (SSSR count). The summed E-state index contributed by atoms with van der Waals surface area (Å²) in [6.45, 7) is 1.92. The molecule has 26 heavy (non-hydrogen) atoms. The van der Waals surface area contributed by atoms with Crippen molar-refractivity contribution in [1.29, 1.82) is 0 Å². The van der Waals surface area contributed by atoms with Gasteiger partial charge in [-0.3, -0.25) is 10.1 Å². The summed E-state index contributed by atoms with van der Waals surface area (Å²) in [6, 6.07) is 7.14. The first-order valence-corrected chi connectivity index (χ1v) is 9.05. The third kappa shape index (κ3) is 3.51. The number of pyridine rings is 1. The van der Waals surface area contributed by atoms with E-state index in [1.165, 1.54) is 7.11 Å². The molecule has 0 atom stereocenters. The second kappa shape index (κ2) is 6.73. The number of nitrogens with zero attached hydrogens (tertiary/aromatic N) is 3. The lowest BCUT2D eigenvalue weighted by atomic mass is 10.3. The van der Waals surface area contributed by atoms with Crippen molar-refractivity contribution < 1.29 is 18.1 Å². The Balaban J connectivity index is 1.85. The van der Waals surface area contributed by atoms with Gasteiger partial charge >= 0.3 is 0 Å². The maximum Gasteiger partial charge on any atom is 0.273 e. The Labute approximate surface area is 149 Å². The van der Waals surface area contributed by atoms with E-state index in [0.29, 0.717) is 11.3 Å². The van der Waals surface area contributed by atoms with Gasteiger partial charge in [0.2, 0.25) is 10.0 Å². The third-order valence-corrected chi connectivity index (χ3v) is 5.20. The van der Waals surface area contributed by atoms with Crippen LogP contribution in [-0.2, 0) is 16.6 Å². The summed E-state index contributed by atoms with van der Waals surface area (Å²) in [5.74, 6) is -0.0997. The number of imidazole rings is 1. The number of nitrogens with one attached hydrogen (secondary N) is 1. The fourth-order valence-corrected chi connectivity index (χ4v) is 3.61. The minimum Gasteiger partial charge on any atom is -0.495 e. The van der Waals surface area contributed by atoms with Crippen molar-refractivity contribution in [2.75, 3.05) is 7.11 Å². The zero-order chi connectivity index (χ0) is 18.9. The molecule has 0 bridgehead atoms. The number of nitro groups is 1. The van der Waals surface area contributed by atoms with Gasteiger partial charge in [-0.25, -0.2) is 18.1 Å². The normalized spacial score (nSPS) is 11.6. The number of sulfonamides is 1. The SMILES string of the molecule is COc1cc([N+](=O)[O-])ccc1S(=O)(=O)NCc1cn2ccc(C)cc2n1. The van der Waals surface area contributed by atoms with Crippen LogP contribution in [0.4, 0.5) is 5.69 Å². The number of aryl methyl sites for hydroxylation is 1. The van der Waals surface area contributed by atoms with Crippen LogP contribution in [0.2, 0.25) is 0 Å². The van der Waals surface area contributed by atoms with Crippen molar-refractivity contribution in [3.05, 3.63) is 64.1 Å². The maximum atomic E-state index is 12.5. The van der Waals surface area contributed by atoms with Crippen LogP contribution < -0.4 is 9.46 Å². The first-order valence-electron chi connectivity index (χ1n) is 7.56. The van der Waals surface area contributed by atoms with Crippen molar-refractivity contribution in [2.24, 2.45) is 0 Å². The van der Waals surface area contributed by atoms with Crippen molar-refractivity contribution in [3.63, 3.8) is 0 Å². The van der Waals surface area contributed by atoms with Crippen LogP contribution in [0.15, 0.2) is 47.6 Å². The molecule has 9 nitrogen and oxygen atoms in total. The fourth-order valence-electron chi connectivity index (χ4n) is 2.46. The van der Waals surface area contributed by atoms with Gasteiger partial charge in [0.05, 0.1) is 30.3 Å². The number of benzene rings is 1. The molecule has 136 valence electrons. The molecular formula is C16H16N4O5S. The predicted octanol–water partition coefficient (Wildman–Crippen LogP) is 2.04. The average molecular weight is 376 g/mol. The van der Waals surface area contributed by atoms with E-state index in [2.05, 4.69) is 9.71 Å². The topological polar surface area (TPSA) is 116 Å². The van der Waals surface area contributed by atoms with E-state index < -0.39 is 14.9 Å². The Hall–Kier alpha value is -2.98. The average Bonchev–Trinajstić information content (AvgIpc) is 3.01. The molecule has 0 amide bonds. The van der Waals surface area contributed by atoms with Crippen LogP contribution in [0.3, 0.4) is 0 Å². The Bertz CT molecular complexity index is 1090. The predicted molar refractivity (Wildman–Crippen MR) is 93.6 cm³/mol. The van der Waals surface area contributed by atoms with E-state index in [1.807, 2.05) is 25.3 Å². The number of hydrogen-bond donors (Lipinski definition) is 1. The molecular weight excluding hydrogens is 360 g/mol. The molecule has 0 saturated heterocycles. The highest BCUT2D eigenvalue weighted by Crippen LogP contribution is 2.28. The van der Waals surface area contributed by atoms with E-state index in [4.69, 9.17) is 4.74 Å². The summed E-state index contributed by atoms with van der Waals surface area (Å²) >= 11 is 0. The lowest BCUT2D eigenvalue weighted by Gasteiger charge is -2.09. The standard InChI is InChI=1S/C16H16N4O5S/c1-11-5-6-19-10-12(18-16(19)7-11)9-17-26(23,24)15-4-3-13(20(21)22)8-14(15)25-2/h3-8,10,17H,9H2,1-2H3. The maximum absolute atomic E-state index is 12.5. The molecule has 1 aromatic carbocycles. The third-order valence-electron chi connectivity index (χ3n) is 3.76. The fraction of sp³-hybridized carbons (Fsp3) is 0.188. The summed E-state index contributed by atoms with van der Waals surface area (Å²) in [5.41, 5.74) is 2.05. The number of non-ortho nitro benzene ring substituents is 1. The van der Waals surface area contributed by atoms with Crippen molar-refractivity contribution in [2.45, 2.75) is 18.4 Å². The summed E-state index contributed by atoms with van der Waals surface area (Å²) in [4.78, 5) is 14.4. The lowest BCUT2D eigenvalue weighted by molar-refractivity contribution is -0.385. The zero-order valence-electron chi connectivity index (χ0n) is 14.0. The van der Waals surface area contributed by atoms with Gasteiger partial charge in [0.1, 0.15) is 16.3 Å². The van der Waals surface area contributed by atoms with Gasteiger partial charge in [-0.2, -0.15) is 0 Å². The van der Waals surface area contributed by atoms with E-state index >= 15 is 0 Å². The molecule has 0 aliphatic heterocycles. The van der Waals surface area contributed by atoms with Crippen molar-refractivity contribution in [3.8, 4) is 5.75 Å². The Morgan fingerprint density at radius 2 is 2.08 bits per heavy atom. The molecule has 0 radical (unpaired) electrons.